The van der Waals surface area contributed by atoms with Crippen LogP contribution in [0.5, 0.6) is 0 Å². The smallest absolute Gasteiger partial charge is 0.224 e. The Balaban J connectivity index is 1.46. The predicted molar refractivity (Wildman–Crippen MR) is 80.0 cm³/mol. The second-order valence-electron chi connectivity index (χ2n) is 6.21. The lowest BCUT2D eigenvalue weighted by molar-refractivity contribution is -0.117. The molecule has 21 heavy (non-hydrogen) atoms. The summed E-state index contributed by atoms with van der Waals surface area (Å²) in [5, 5.41) is 10.8. The lowest BCUT2D eigenvalue weighted by Gasteiger charge is -2.28. The molecule has 1 aromatic heterocycles. The van der Waals surface area contributed by atoms with Gasteiger partial charge in [0.05, 0.1) is 25.0 Å². The van der Waals surface area contributed by atoms with Crippen LogP contribution in [0.2, 0.25) is 0 Å². The molecule has 0 aromatic carbocycles. The topological polar surface area (TPSA) is 68.2 Å². The molecule has 1 amide bonds. The molecule has 2 fully saturated rings. The zero-order valence-corrected chi connectivity index (χ0v) is 12.5. The van der Waals surface area contributed by atoms with Crippen LogP contribution >= 0.6 is 0 Å². The maximum absolute atomic E-state index is 12.1. The van der Waals surface area contributed by atoms with Crippen molar-refractivity contribution < 1.29 is 9.53 Å². The first-order valence-corrected chi connectivity index (χ1v) is 7.80. The molecule has 6 nitrogen and oxygen atoms in total. The summed E-state index contributed by atoms with van der Waals surface area (Å²) in [5.41, 5.74) is 0.771. The number of methoxy groups -OCH3 is 1. The highest BCUT2D eigenvalue weighted by Crippen LogP contribution is 2.32. The number of piperidine rings is 1. The number of amides is 1. The molecule has 0 saturated carbocycles. The fraction of sp³-hybridized carbons (Fsp3) is 0.733. The van der Waals surface area contributed by atoms with E-state index in [9.17, 15) is 4.79 Å². The third-order valence-electron chi connectivity index (χ3n) is 4.49. The number of hydrogen-bond donors (Lipinski definition) is 2. The molecule has 3 heterocycles. The SMILES string of the molecule is COCCn1cc(NC(=O)CC2CC3CCC(C2)N3)cn1. The first-order chi connectivity index (χ1) is 10.2. The maximum atomic E-state index is 12.1. The predicted octanol–water partition coefficient (Wildman–Crippen LogP) is 1.39. The first kappa shape index (κ1) is 14.5. The molecule has 2 unspecified atom stereocenters. The average molecular weight is 292 g/mol. The van der Waals surface area contributed by atoms with Crippen LogP contribution in [0.25, 0.3) is 0 Å². The van der Waals surface area contributed by atoms with Crippen LogP contribution in [0.4, 0.5) is 5.69 Å². The Morgan fingerprint density at radius 3 is 2.95 bits per heavy atom. The van der Waals surface area contributed by atoms with Crippen LogP contribution in [0.1, 0.15) is 32.1 Å². The summed E-state index contributed by atoms with van der Waals surface area (Å²) in [4.78, 5) is 12.1. The van der Waals surface area contributed by atoms with Gasteiger partial charge in [-0.05, 0) is 31.6 Å². The van der Waals surface area contributed by atoms with Gasteiger partial charge in [-0.1, -0.05) is 0 Å². The number of nitrogens with one attached hydrogen (secondary N) is 2. The Kier molecular flexibility index (Phi) is 4.55. The summed E-state index contributed by atoms with van der Waals surface area (Å²) in [6.07, 6.45) is 8.98. The van der Waals surface area contributed by atoms with Crippen LogP contribution in [0.3, 0.4) is 0 Å². The summed E-state index contributed by atoms with van der Waals surface area (Å²) in [5.74, 6) is 0.625. The maximum Gasteiger partial charge on any atom is 0.224 e. The number of hydrogen-bond acceptors (Lipinski definition) is 4. The molecule has 0 radical (unpaired) electrons. The van der Waals surface area contributed by atoms with Gasteiger partial charge in [-0.3, -0.25) is 9.48 Å². The van der Waals surface area contributed by atoms with Gasteiger partial charge in [0.2, 0.25) is 5.91 Å². The standard InChI is InChI=1S/C15H24N4O2/c1-21-5-4-19-10-14(9-16-19)18-15(20)8-11-6-12-2-3-13(7-11)17-12/h9-13,17H,2-8H2,1H3,(H,18,20). The third kappa shape index (κ3) is 3.83. The van der Waals surface area contributed by atoms with E-state index in [4.69, 9.17) is 4.74 Å². The molecule has 1 aromatic rings. The number of anilines is 1. The van der Waals surface area contributed by atoms with Crippen LogP contribution in [-0.2, 0) is 16.1 Å². The second-order valence-corrected chi connectivity index (χ2v) is 6.21. The number of aromatic nitrogens is 2. The van der Waals surface area contributed by atoms with E-state index in [2.05, 4.69) is 15.7 Å². The van der Waals surface area contributed by atoms with E-state index in [1.54, 1.807) is 18.0 Å². The molecule has 2 saturated heterocycles. The van der Waals surface area contributed by atoms with Crippen molar-refractivity contribution >= 4 is 11.6 Å². The fourth-order valence-electron chi connectivity index (χ4n) is 3.55. The summed E-state index contributed by atoms with van der Waals surface area (Å²) in [6, 6.07) is 1.27. The molecule has 2 aliphatic rings. The minimum Gasteiger partial charge on any atom is -0.383 e. The highest BCUT2D eigenvalue weighted by Gasteiger charge is 2.34. The first-order valence-electron chi connectivity index (χ1n) is 7.80. The van der Waals surface area contributed by atoms with Gasteiger partial charge >= 0.3 is 0 Å². The molecular weight excluding hydrogens is 268 g/mol. The molecule has 116 valence electrons. The highest BCUT2D eigenvalue weighted by atomic mass is 16.5. The van der Waals surface area contributed by atoms with E-state index < -0.39 is 0 Å². The van der Waals surface area contributed by atoms with Gasteiger partial charge in [-0.2, -0.15) is 5.10 Å². The van der Waals surface area contributed by atoms with Gasteiger partial charge in [0.25, 0.3) is 0 Å². The van der Waals surface area contributed by atoms with Crippen molar-refractivity contribution in [3.63, 3.8) is 0 Å². The van der Waals surface area contributed by atoms with E-state index in [1.807, 2.05) is 6.20 Å². The van der Waals surface area contributed by atoms with Crippen molar-refractivity contribution in [3.05, 3.63) is 12.4 Å². The van der Waals surface area contributed by atoms with E-state index in [0.29, 0.717) is 37.6 Å². The summed E-state index contributed by atoms with van der Waals surface area (Å²) in [6.45, 7) is 1.32. The summed E-state index contributed by atoms with van der Waals surface area (Å²) >= 11 is 0. The van der Waals surface area contributed by atoms with E-state index in [-0.39, 0.29) is 5.91 Å². The van der Waals surface area contributed by atoms with E-state index in [0.717, 1.165) is 18.5 Å². The van der Waals surface area contributed by atoms with E-state index >= 15 is 0 Å². The average Bonchev–Trinajstić information content (AvgIpc) is 3.03. The highest BCUT2D eigenvalue weighted by molar-refractivity contribution is 5.90. The van der Waals surface area contributed by atoms with Gasteiger partial charge in [0, 0.05) is 31.8 Å². The lowest BCUT2D eigenvalue weighted by Crippen LogP contribution is -2.39. The number of rotatable bonds is 6. The van der Waals surface area contributed by atoms with Crippen LogP contribution < -0.4 is 10.6 Å². The Morgan fingerprint density at radius 1 is 1.48 bits per heavy atom. The Labute approximate surface area is 125 Å². The molecule has 2 atom stereocenters. The van der Waals surface area contributed by atoms with Gasteiger partial charge in [0.1, 0.15) is 0 Å². The second kappa shape index (κ2) is 6.58. The Hall–Kier alpha value is -1.40. The molecule has 6 heteroatoms. The van der Waals surface area contributed by atoms with Gasteiger partial charge < -0.3 is 15.4 Å². The fourth-order valence-corrected chi connectivity index (χ4v) is 3.55. The lowest BCUT2D eigenvalue weighted by atomic mass is 9.89. The van der Waals surface area contributed by atoms with Crippen LogP contribution in [0.15, 0.2) is 12.4 Å². The molecule has 0 aliphatic carbocycles. The Bertz CT molecular complexity index is 476. The third-order valence-corrected chi connectivity index (χ3v) is 4.49. The van der Waals surface area contributed by atoms with Crippen molar-refractivity contribution in [2.45, 2.75) is 50.7 Å². The van der Waals surface area contributed by atoms with Crippen molar-refractivity contribution in [3.8, 4) is 0 Å². The van der Waals surface area contributed by atoms with Gasteiger partial charge in [0.15, 0.2) is 0 Å². The number of ether oxygens (including phenoxy) is 1. The molecular formula is C15H24N4O2. The zero-order valence-electron chi connectivity index (χ0n) is 12.5. The summed E-state index contributed by atoms with van der Waals surface area (Å²) < 4.78 is 6.79. The van der Waals surface area contributed by atoms with Crippen molar-refractivity contribution in [2.24, 2.45) is 5.92 Å². The van der Waals surface area contributed by atoms with Crippen molar-refractivity contribution in [1.29, 1.82) is 0 Å². The summed E-state index contributed by atoms with van der Waals surface area (Å²) in [7, 11) is 1.67. The molecule has 2 aliphatic heterocycles. The Morgan fingerprint density at radius 2 is 2.24 bits per heavy atom. The van der Waals surface area contributed by atoms with Gasteiger partial charge in [-0.15, -0.1) is 0 Å². The van der Waals surface area contributed by atoms with Crippen molar-refractivity contribution in [2.75, 3.05) is 19.0 Å². The minimum atomic E-state index is 0.104. The molecule has 2 bridgehead atoms. The van der Waals surface area contributed by atoms with E-state index in [1.165, 1.54) is 12.8 Å². The molecule has 2 N–H and O–H groups in total. The molecule has 0 spiro atoms. The largest absolute Gasteiger partial charge is 0.383 e. The van der Waals surface area contributed by atoms with Gasteiger partial charge in [-0.25, -0.2) is 0 Å². The van der Waals surface area contributed by atoms with Crippen molar-refractivity contribution in [1.82, 2.24) is 15.1 Å². The number of nitrogens with zero attached hydrogens (tertiary/aromatic N) is 2. The van der Waals surface area contributed by atoms with Crippen LogP contribution in [0, 0.1) is 5.92 Å². The minimum absolute atomic E-state index is 0.104. The quantitative estimate of drug-likeness (QED) is 0.831. The monoisotopic (exact) mass is 292 g/mol. The number of fused-ring (bicyclic) bond motifs is 2. The number of carbonyl (C=O) groups is 1. The van der Waals surface area contributed by atoms with Crippen LogP contribution in [-0.4, -0.2) is 41.5 Å². The zero-order chi connectivity index (χ0) is 14.7. The normalized spacial score (nSPS) is 27.8. The molecule has 3 rings (SSSR count). The number of carbonyl (C=O) groups excluding carboxylic acids is 1.